The molecule has 0 saturated carbocycles. The Hall–Kier alpha value is -1.31. The molecular formula is C16H23ClN2O4S. The van der Waals surface area contributed by atoms with Crippen molar-refractivity contribution >= 4 is 27.5 Å². The number of nitrogens with zero attached hydrogens (tertiary/aromatic N) is 1. The highest BCUT2D eigenvalue weighted by atomic mass is 35.5. The number of piperidine rings is 1. The summed E-state index contributed by atoms with van der Waals surface area (Å²) in [6.07, 6.45) is 1.32. The van der Waals surface area contributed by atoms with Gasteiger partial charge in [-0.15, -0.1) is 0 Å². The minimum atomic E-state index is -3.78. The molecule has 1 fully saturated rings. The zero-order valence-electron chi connectivity index (χ0n) is 14.1. The van der Waals surface area contributed by atoms with Gasteiger partial charge in [-0.2, -0.15) is 4.31 Å². The van der Waals surface area contributed by atoms with E-state index < -0.39 is 10.0 Å². The van der Waals surface area contributed by atoms with E-state index in [9.17, 15) is 13.2 Å². The maximum absolute atomic E-state index is 13.0. The normalized spacial score (nSPS) is 19.3. The number of carbonyl (C=O) groups excluding carboxylic acids is 1. The molecule has 0 aromatic heterocycles. The molecular weight excluding hydrogens is 352 g/mol. The molecule has 0 aliphatic carbocycles. The van der Waals surface area contributed by atoms with Crippen molar-refractivity contribution in [3.05, 3.63) is 23.2 Å². The fourth-order valence-corrected chi connectivity index (χ4v) is 4.71. The predicted octanol–water partition coefficient (Wildman–Crippen LogP) is 2.27. The average molecular weight is 375 g/mol. The van der Waals surface area contributed by atoms with Crippen LogP contribution in [-0.4, -0.2) is 44.9 Å². The summed E-state index contributed by atoms with van der Waals surface area (Å²) in [6, 6.07) is 4.52. The maximum atomic E-state index is 13.0. The van der Waals surface area contributed by atoms with Crippen molar-refractivity contribution in [1.29, 1.82) is 0 Å². The highest BCUT2D eigenvalue weighted by molar-refractivity contribution is 7.89. The van der Waals surface area contributed by atoms with Crippen LogP contribution in [0.3, 0.4) is 0 Å². The third kappa shape index (κ3) is 4.20. The second-order valence-electron chi connectivity index (χ2n) is 6.16. The molecule has 1 N–H and O–H groups in total. The van der Waals surface area contributed by atoms with Gasteiger partial charge < -0.3 is 10.1 Å². The molecule has 6 nitrogen and oxygen atoms in total. The van der Waals surface area contributed by atoms with Crippen molar-refractivity contribution in [3.8, 4) is 5.75 Å². The number of hydrogen-bond acceptors (Lipinski definition) is 4. The van der Waals surface area contributed by atoms with E-state index in [0.29, 0.717) is 24.4 Å². The van der Waals surface area contributed by atoms with Gasteiger partial charge in [0.25, 0.3) is 0 Å². The number of ether oxygens (including phenoxy) is 1. The minimum Gasteiger partial charge on any atom is -0.495 e. The van der Waals surface area contributed by atoms with E-state index >= 15 is 0 Å². The Bertz CT molecular complexity index is 706. The fraction of sp³-hybridized carbons (Fsp3) is 0.562. The zero-order valence-corrected chi connectivity index (χ0v) is 15.7. The Labute approximate surface area is 148 Å². The van der Waals surface area contributed by atoms with E-state index in [1.807, 2.05) is 13.8 Å². The summed E-state index contributed by atoms with van der Waals surface area (Å²) in [6.45, 7) is 4.30. The van der Waals surface area contributed by atoms with Gasteiger partial charge in [0.1, 0.15) is 10.6 Å². The largest absolute Gasteiger partial charge is 0.495 e. The predicted molar refractivity (Wildman–Crippen MR) is 92.8 cm³/mol. The van der Waals surface area contributed by atoms with Gasteiger partial charge in [-0.3, -0.25) is 4.79 Å². The summed E-state index contributed by atoms with van der Waals surface area (Å²) >= 11 is 5.95. The molecule has 1 aromatic carbocycles. The number of nitrogens with one attached hydrogen (secondary N) is 1. The summed E-state index contributed by atoms with van der Waals surface area (Å²) in [7, 11) is -2.36. The molecule has 24 heavy (non-hydrogen) atoms. The summed E-state index contributed by atoms with van der Waals surface area (Å²) in [4.78, 5) is 12.2. The lowest BCUT2D eigenvalue weighted by molar-refractivity contribution is -0.126. The lowest BCUT2D eigenvalue weighted by Gasteiger charge is -2.32. The Morgan fingerprint density at radius 2 is 2.12 bits per heavy atom. The van der Waals surface area contributed by atoms with Crippen LogP contribution in [0.1, 0.15) is 26.7 Å². The van der Waals surface area contributed by atoms with E-state index in [1.54, 1.807) is 6.07 Å². The van der Waals surface area contributed by atoms with Crippen molar-refractivity contribution < 1.29 is 17.9 Å². The van der Waals surface area contributed by atoms with Crippen LogP contribution in [0.25, 0.3) is 0 Å². The van der Waals surface area contributed by atoms with Gasteiger partial charge in [-0.05, 0) is 44.9 Å². The van der Waals surface area contributed by atoms with E-state index in [4.69, 9.17) is 16.3 Å². The summed E-state index contributed by atoms with van der Waals surface area (Å²) in [5.41, 5.74) is 0. The number of carbonyl (C=O) groups is 1. The van der Waals surface area contributed by atoms with Crippen LogP contribution in [0.15, 0.2) is 23.1 Å². The van der Waals surface area contributed by atoms with Gasteiger partial charge in [0.05, 0.1) is 13.0 Å². The van der Waals surface area contributed by atoms with Crippen molar-refractivity contribution in [2.24, 2.45) is 5.92 Å². The monoisotopic (exact) mass is 374 g/mol. The van der Waals surface area contributed by atoms with Gasteiger partial charge in [-0.25, -0.2) is 8.42 Å². The van der Waals surface area contributed by atoms with Gasteiger partial charge in [0.2, 0.25) is 15.9 Å². The van der Waals surface area contributed by atoms with Gasteiger partial charge in [0.15, 0.2) is 0 Å². The van der Waals surface area contributed by atoms with Crippen LogP contribution < -0.4 is 10.1 Å². The number of amides is 1. The Morgan fingerprint density at radius 3 is 2.75 bits per heavy atom. The minimum absolute atomic E-state index is 0.0255. The van der Waals surface area contributed by atoms with Crippen LogP contribution in [0, 0.1) is 5.92 Å². The highest BCUT2D eigenvalue weighted by Crippen LogP contribution is 2.31. The molecule has 2 rings (SSSR count). The molecule has 1 amide bonds. The molecule has 134 valence electrons. The van der Waals surface area contributed by atoms with Crippen molar-refractivity contribution in [3.63, 3.8) is 0 Å². The molecule has 1 aromatic rings. The molecule has 0 unspecified atom stereocenters. The SMILES string of the molecule is COc1ccc(Cl)cc1S(=O)(=O)N1CCC[C@@H](C(=O)NC(C)C)C1. The summed E-state index contributed by atoms with van der Waals surface area (Å²) in [5, 5.41) is 3.17. The van der Waals surface area contributed by atoms with Crippen LogP contribution >= 0.6 is 11.6 Å². The molecule has 1 atom stereocenters. The topological polar surface area (TPSA) is 75.7 Å². The first-order chi connectivity index (χ1) is 11.3. The Morgan fingerprint density at radius 1 is 1.42 bits per heavy atom. The number of sulfonamides is 1. The smallest absolute Gasteiger partial charge is 0.246 e. The Kier molecular flexibility index (Phi) is 6.11. The van der Waals surface area contributed by atoms with Crippen LogP contribution in [-0.2, 0) is 14.8 Å². The van der Waals surface area contributed by atoms with Crippen molar-refractivity contribution in [2.45, 2.75) is 37.6 Å². The van der Waals surface area contributed by atoms with Crippen molar-refractivity contribution in [2.75, 3.05) is 20.2 Å². The van der Waals surface area contributed by atoms with E-state index in [-0.39, 0.29) is 35.1 Å². The molecule has 0 bridgehead atoms. The van der Waals surface area contributed by atoms with E-state index in [1.165, 1.54) is 23.5 Å². The number of rotatable bonds is 5. The number of methoxy groups -OCH3 is 1. The fourth-order valence-electron chi connectivity index (χ4n) is 2.77. The summed E-state index contributed by atoms with van der Waals surface area (Å²) in [5.74, 6) is -0.211. The number of hydrogen-bond donors (Lipinski definition) is 1. The van der Waals surface area contributed by atoms with Crippen LogP contribution in [0.5, 0.6) is 5.75 Å². The number of halogens is 1. The quantitative estimate of drug-likeness (QED) is 0.857. The number of benzene rings is 1. The van der Waals surface area contributed by atoms with E-state index in [2.05, 4.69) is 5.32 Å². The standard InChI is InChI=1S/C16H23ClN2O4S/c1-11(2)18-16(20)12-5-4-8-19(10-12)24(21,22)15-9-13(17)6-7-14(15)23-3/h6-7,9,11-12H,4-5,8,10H2,1-3H3,(H,18,20)/t12-/m1/s1. The molecule has 0 spiro atoms. The second kappa shape index (κ2) is 7.72. The highest BCUT2D eigenvalue weighted by Gasteiger charge is 2.35. The lowest BCUT2D eigenvalue weighted by Crippen LogP contribution is -2.46. The average Bonchev–Trinajstić information content (AvgIpc) is 2.54. The molecule has 1 aliphatic rings. The third-order valence-corrected chi connectivity index (χ3v) is 6.05. The van der Waals surface area contributed by atoms with Crippen LogP contribution in [0.2, 0.25) is 5.02 Å². The maximum Gasteiger partial charge on any atom is 0.246 e. The lowest BCUT2D eigenvalue weighted by atomic mass is 9.98. The van der Waals surface area contributed by atoms with Gasteiger partial charge in [0, 0.05) is 24.2 Å². The molecule has 1 heterocycles. The molecule has 8 heteroatoms. The second-order valence-corrected chi connectivity index (χ2v) is 8.50. The van der Waals surface area contributed by atoms with Crippen LogP contribution in [0.4, 0.5) is 0 Å². The molecule has 0 radical (unpaired) electrons. The first-order valence-electron chi connectivity index (χ1n) is 7.89. The first-order valence-corrected chi connectivity index (χ1v) is 9.71. The zero-order chi connectivity index (χ0) is 17.9. The van der Waals surface area contributed by atoms with Gasteiger partial charge >= 0.3 is 0 Å². The Balaban J connectivity index is 2.26. The third-order valence-electron chi connectivity index (χ3n) is 3.93. The molecule has 1 aliphatic heterocycles. The van der Waals surface area contributed by atoms with Crippen molar-refractivity contribution in [1.82, 2.24) is 9.62 Å². The van der Waals surface area contributed by atoms with Gasteiger partial charge in [-0.1, -0.05) is 11.6 Å². The first kappa shape index (κ1) is 19.0. The van der Waals surface area contributed by atoms with E-state index in [0.717, 1.165) is 0 Å². The molecule has 1 saturated heterocycles. The summed E-state index contributed by atoms with van der Waals surface area (Å²) < 4.78 is 32.4.